The van der Waals surface area contributed by atoms with Crippen molar-refractivity contribution in [1.82, 2.24) is 19.8 Å². The lowest BCUT2D eigenvalue weighted by molar-refractivity contribution is 0.969. The van der Waals surface area contributed by atoms with Gasteiger partial charge in [-0.25, -0.2) is 0 Å². The number of hydrogen-bond donors (Lipinski definition) is 0. The highest BCUT2D eigenvalue weighted by atomic mass is 35.5. The van der Waals surface area contributed by atoms with Gasteiger partial charge in [-0.05, 0) is 11.6 Å². The third-order valence-electron chi connectivity index (χ3n) is 3.92. The van der Waals surface area contributed by atoms with Gasteiger partial charge in [-0.3, -0.25) is 10.2 Å². The van der Waals surface area contributed by atoms with Crippen LogP contribution in [0.2, 0.25) is 5.02 Å². The Kier molecular flexibility index (Phi) is 3.50. The Hall–Kier alpha value is -2.79. The molecule has 0 aliphatic heterocycles. The molecule has 0 N–H and O–H groups in total. The summed E-state index contributed by atoms with van der Waals surface area (Å²) in [5.74, 6) is 0.682. The quantitative estimate of drug-likeness (QED) is 0.572. The van der Waals surface area contributed by atoms with Gasteiger partial charge < -0.3 is 14.5 Å². The predicted octanol–water partition coefficient (Wildman–Crippen LogP) is 3.74. The Balaban J connectivity index is 1.94. The SMILES string of the molecule is CN(C)c1ccccc1-c1nn2c(-c3ccccc3)n[n-]c2c1Cl. The van der Waals surface area contributed by atoms with Crippen LogP contribution in [-0.4, -0.2) is 28.8 Å². The molecule has 2 heterocycles. The number of halogens is 1. The van der Waals surface area contributed by atoms with Crippen LogP contribution < -0.4 is 10.00 Å². The highest BCUT2D eigenvalue weighted by Crippen LogP contribution is 2.36. The molecule has 0 radical (unpaired) electrons. The summed E-state index contributed by atoms with van der Waals surface area (Å²) in [6.45, 7) is 0. The molecule has 2 aromatic carbocycles. The van der Waals surface area contributed by atoms with Crippen LogP contribution in [-0.2, 0) is 0 Å². The van der Waals surface area contributed by atoms with Gasteiger partial charge in [0.2, 0.25) is 0 Å². The first-order chi connectivity index (χ1) is 11.7. The van der Waals surface area contributed by atoms with Crippen molar-refractivity contribution >= 4 is 22.9 Å². The molecule has 120 valence electrons. The Bertz CT molecular complexity index is 1000. The van der Waals surface area contributed by atoms with E-state index >= 15 is 0 Å². The lowest BCUT2D eigenvalue weighted by atomic mass is 10.1. The van der Waals surface area contributed by atoms with E-state index in [2.05, 4.69) is 10.2 Å². The molecular formula is C18H15ClN5-. The van der Waals surface area contributed by atoms with Crippen LogP contribution in [0, 0.1) is 0 Å². The molecule has 6 heteroatoms. The van der Waals surface area contributed by atoms with Crippen molar-refractivity contribution in [2.45, 2.75) is 0 Å². The first-order valence-electron chi connectivity index (χ1n) is 7.56. The summed E-state index contributed by atoms with van der Waals surface area (Å²) < 4.78 is 1.71. The normalized spacial score (nSPS) is 11.1. The second kappa shape index (κ2) is 5.69. The molecule has 0 atom stereocenters. The standard InChI is InChI=1S/C18H15ClN5/c1-23(2)14-11-7-6-10-13(14)16-15(19)18-21-20-17(24(18)22-16)12-8-4-3-5-9-12/h3-11H,1-2H3/q-1. The van der Waals surface area contributed by atoms with E-state index in [1.807, 2.05) is 73.6 Å². The fourth-order valence-corrected chi connectivity index (χ4v) is 3.02. The van der Waals surface area contributed by atoms with Crippen molar-refractivity contribution in [2.24, 2.45) is 0 Å². The van der Waals surface area contributed by atoms with Gasteiger partial charge in [-0.1, -0.05) is 60.1 Å². The van der Waals surface area contributed by atoms with Gasteiger partial charge in [-0.15, -0.1) is 0 Å². The summed E-state index contributed by atoms with van der Waals surface area (Å²) in [6.07, 6.45) is 0. The van der Waals surface area contributed by atoms with Gasteiger partial charge in [-0.2, -0.15) is 0 Å². The molecule has 0 spiro atoms. The van der Waals surface area contributed by atoms with Crippen LogP contribution >= 0.6 is 11.6 Å². The van der Waals surface area contributed by atoms with Crippen LogP contribution in [0.1, 0.15) is 0 Å². The number of aromatic nitrogens is 4. The Morgan fingerprint density at radius 3 is 2.46 bits per heavy atom. The molecule has 0 amide bonds. The molecule has 5 nitrogen and oxygen atoms in total. The molecule has 0 aliphatic rings. The zero-order chi connectivity index (χ0) is 16.7. The van der Waals surface area contributed by atoms with Crippen molar-refractivity contribution in [3.05, 3.63) is 59.6 Å². The summed E-state index contributed by atoms with van der Waals surface area (Å²) in [7, 11) is 4.00. The second-order valence-corrected chi connectivity index (χ2v) is 6.08. The van der Waals surface area contributed by atoms with E-state index in [9.17, 15) is 0 Å². The summed E-state index contributed by atoms with van der Waals surface area (Å²) in [6, 6.07) is 17.9. The van der Waals surface area contributed by atoms with Gasteiger partial charge in [0, 0.05) is 31.0 Å². The minimum atomic E-state index is 0.513. The zero-order valence-electron chi connectivity index (χ0n) is 13.3. The molecule has 2 aromatic heterocycles. The topological polar surface area (TPSA) is 47.5 Å². The lowest BCUT2D eigenvalue weighted by Gasteiger charge is -2.16. The average Bonchev–Trinajstić information content (AvgIpc) is 3.16. The minimum absolute atomic E-state index is 0.513. The number of anilines is 1. The number of hydrogen-bond acceptors (Lipinski definition) is 3. The monoisotopic (exact) mass is 336 g/mol. The van der Waals surface area contributed by atoms with Crippen molar-refractivity contribution in [3.63, 3.8) is 0 Å². The predicted molar refractivity (Wildman–Crippen MR) is 96.5 cm³/mol. The fourth-order valence-electron chi connectivity index (χ4n) is 2.76. The van der Waals surface area contributed by atoms with Crippen LogP contribution in [0.3, 0.4) is 0 Å². The van der Waals surface area contributed by atoms with E-state index < -0.39 is 0 Å². The lowest BCUT2D eigenvalue weighted by Crippen LogP contribution is -2.09. The maximum absolute atomic E-state index is 6.56. The average molecular weight is 337 g/mol. The molecule has 4 rings (SSSR count). The summed E-state index contributed by atoms with van der Waals surface area (Å²) in [5.41, 5.74) is 4.25. The van der Waals surface area contributed by atoms with Crippen molar-refractivity contribution in [1.29, 1.82) is 0 Å². The minimum Gasteiger partial charge on any atom is -0.377 e. The first kappa shape index (κ1) is 14.8. The molecule has 4 aromatic rings. The third-order valence-corrected chi connectivity index (χ3v) is 4.27. The Morgan fingerprint density at radius 1 is 1.00 bits per heavy atom. The molecular weight excluding hydrogens is 322 g/mol. The molecule has 24 heavy (non-hydrogen) atoms. The molecule has 0 unspecified atom stereocenters. The van der Waals surface area contributed by atoms with Crippen molar-refractivity contribution in [2.75, 3.05) is 19.0 Å². The van der Waals surface area contributed by atoms with E-state index in [1.54, 1.807) is 4.52 Å². The van der Waals surface area contributed by atoms with Gasteiger partial charge >= 0.3 is 0 Å². The molecule has 0 bridgehead atoms. The maximum Gasteiger partial charge on any atom is 0.0904 e. The van der Waals surface area contributed by atoms with Crippen molar-refractivity contribution < 1.29 is 0 Å². The van der Waals surface area contributed by atoms with E-state index in [-0.39, 0.29) is 0 Å². The van der Waals surface area contributed by atoms with Gasteiger partial charge in [0.1, 0.15) is 0 Å². The molecule has 0 aliphatic carbocycles. The number of nitrogens with zero attached hydrogens (tertiary/aromatic N) is 5. The number of para-hydroxylation sites is 1. The number of benzene rings is 2. The summed E-state index contributed by atoms with van der Waals surface area (Å²) in [4.78, 5) is 2.04. The van der Waals surface area contributed by atoms with Gasteiger partial charge in [0.05, 0.1) is 16.5 Å². The van der Waals surface area contributed by atoms with Crippen molar-refractivity contribution in [3.8, 4) is 22.6 Å². The molecule has 0 fully saturated rings. The second-order valence-electron chi connectivity index (χ2n) is 5.70. The smallest absolute Gasteiger partial charge is 0.0904 e. The van der Waals surface area contributed by atoms with Gasteiger partial charge in [0.15, 0.2) is 0 Å². The van der Waals surface area contributed by atoms with Crippen LogP contribution in [0.25, 0.3) is 28.3 Å². The summed E-state index contributed by atoms with van der Waals surface area (Å²) >= 11 is 6.56. The van der Waals surface area contributed by atoms with E-state index in [1.165, 1.54) is 0 Å². The summed E-state index contributed by atoms with van der Waals surface area (Å²) in [5, 5.41) is 13.7. The fraction of sp³-hybridized carbons (Fsp3) is 0.111. The highest BCUT2D eigenvalue weighted by molar-refractivity contribution is 6.36. The number of rotatable bonds is 3. The van der Waals surface area contributed by atoms with E-state index in [4.69, 9.17) is 16.7 Å². The van der Waals surface area contributed by atoms with Crippen LogP contribution in [0.15, 0.2) is 54.6 Å². The number of fused-ring (bicyclic) bond motifs is 1. The van der Waals surface area contributed by atoms with E-state index in [0.717, 1.165) is 16.8 Å². The van der Waals surface area contributed by atoms with Crippen LogP contribution in [0.5, 0.6) is 0 Å². The van der Waals surface area contributed by atoms with E-state index in [0.29, 0.717) is 22.2 Å². The Morgan fingerprint density at radius 2 is 1.71 bits per heavy atom. The molecule has 0 saturated carbocycles. The van der Waals surface area contributed by atoms with Gasteiger partial charge in [0.25, 0.3) is 0 Å². The maximum atomic E-state index is 6.56. The Labute approximate surface area is 144 Å². The van der Waals surface area contributed by atoms with Crippen LogP contribution in [0.4, 0.5) is 5.69 Å². The molecule has 0 saturated heterocycles. The highest BCUT2D eigenvalue weighted by Gasteiger charge is 2.15. The first-order valence-corrected chi connectivity index (χ1v) is 7.94. The zero-order valence-corrected chi connectivity index (χ0v) is 14.1. The third kappa shape index (κ3) is 2.25. The largest absolute Gasteiger partial charge is 0.377 e.